The van der Waals surface area contributed by atoms with Crippen LogP contribution in [0.5, 0.6) is 0 Å². The van der Waals surface area contributed by atoms with E-state index in [-0.39, 0.29) is 12.1 Å². The summed E-state index contributed by atoms with van der Waals surface area (Å²) in [6.07, 6.45) is 3.20. The van der Waals surface area contributed by atoms with E-state index >= 15 is 0 Å². The summed E-state index contributed by atoms with van der Waals surface area (Å²) in [5, 5.41) is 21.5. The lowest BCUT2D eigenvalue weighted by Gasteiger charge is -2.33. The molecule has 0 aliphatic carbocycles. The number of nitrogens with zero attached hydrogens (tertiary/aromatic N) is 1. The van der Waals surface area contributed by atoms with Crippen molar-refractivity contribution in [1.29, 1.82) is 0 Å². The first-order valence-electron chi connectivity index (χ1n) is 5.87. The van der Waals surface area contributed by atoms with Crippen LogP contribution in [-0.4, -0.2) is 47.1 Å². The fourth-order valence-corrected chi connectivity index (χ4v) is 2.35. The molecule has 0 radical (unpaired) electrons. The van der Waals surface area contributed by atoms with Gasteiger partial charge >= 0.3 is 7.12 Å². The molecule has 2 atom stereocenters. The minimum Gasteiger partial charge on any atom is -0.426 e. The lowest BCUT2D eigenvalue weighted by atomic mass is 9.74. The van der Waals surface area contributed by atoms with E-state index in [0.29, 0.717) is 18.7 Å². The first-order valence-corrected chi connectivity index (χ1v) is 5.87. The smallest absolute Gasteiger partial charge is 0.426 e. The molecule has 92 valence electrons. The monoisotopic (exact) mass is 228 g/mol. The van der Waals surface area contributed by atoms with E-state index in [2.05, 4.69) is 5.32 Å². The highest BCUT2D eigenvalue weighted by molar-refractivity contribution is 6.43. The van der Waals surface area contributed by atoms with Crippen molar-refractivity contribution in [1.82, 2.24) is 10.2 Å². The molecule has 5 nitrogen and oxygen atoms in total. The van der Waals surface area contributed by atoms with E-state index in [9.17, 15) is 14.8 Å². The predicted octanol–water partition coefficient (Wildman–Crippen LogP) is -0.419. The molecule has 0 spiro atoms. The molecule has 0 bridgehead atoms. The number of carbonyl (C=O) groups is 1. The zero-order valence-electron chi connectivity index (χ0n) is 9.97. The average Bonchev–Trinajstić information content (AvgIpc) is 2.62. The number of amides is 1. The minimum atomic E-state index is -1.35. The number of nitrogens with one attached hydrogen (secondary N) is 1. The Balaban J connectivity index is 2.64. The van der Waals surface area contributed by atoms with Crippen LogP contribution in [0.25, 0.3) is 0 Å². The molecule has 1 amide bonds. The predicted molar refractivity (Wildman–Crippen MR) is 62.4 cm³/mol. The Morgan fingerprint density at radius 2 is 2.25 bits per heavy atom. The zero-order valence-corrected chi connectivity index (χ0v) is 9.97. The third kappa shape index (κ3) is 3.47. The van der Waals surface area contributed by atoms with Gasteiger partial charge in [0.05, 0.1) is 6.17 Å². The van der Waals surface area contributed by atoms with Crippen molar-refractivity contribution in [3.05, 3.63) is 0 Å². The Kier molecular flexibility index (Phi) is 5.24. The van der Waals surface area contributed by atoms with Gasteiger partial charge in [-0.15, -0.1) is 0 Å². The van der Waals surface area contributed by atoms with Gasteiger partial charge in [-0.1, -0.05) is 13.8 Å². The quantitative estimate of drug-likeness (QED) is 0.426. The summed E-state index contributed by atoms with van der Waals surface area (Å²) in [4.78, 5) is 12.4. The lowest BCUT2D eigenvalue weighted by molar-refractivity contribution is -0.111. The molecule has 0 unspecified atom stereocenters. The molecule has 1 rings (SSSR count). The molecule has 0 saturated carbocycles. The van der Waals surface area contributed by atoms with E-state index in [1.807, 2.05) is 18.7 Å². The van der Waals surface area contributed by atoms with Crippen LogP contribution in [-0.2, 0) is 4.79 Å². The second kappa shape index (κ2) is 6.22. The van der Waals surface area contributed by atoms with Crippen LogP contribution in [0, 0.1) is 5.92 Å². The Morgan fingerprint density at radius 1 is 1.56 bits per heavy atom. The van der Waals surface area contributed by atoms with Gasteiger partial charge in [0, 0.05) is 5.94 Å². The third-order valence-electron chi connectivity index (χ3n) is 3.04. The van der Waals surface area contributed by atoms with Gasteiger partial charge in [0.1, 0.15) is 0 Å². The summed E-state index contributed by atoms with van der Waals surface area (Å²) in [6, 6.07) is 0. The molecule has 1 heterocycles. The topological polar surface area (TPSA) is 72.8 Å². The molecule has 1 aliphatic heterocycles. The van der Waals surface area contributed by atoms with Crippen LogP contribution >= 0.6 is 0 Å². The summed E-state index contributed by atoms with van der Waals surface area (Å²) in [5.74, 6) is 0.101. The maximum Gasteiger partial charge on any atom is 0.469 e. The van der Waals surface area contributed by atoms with Crippen LogP contribution in [0.2, 0.25) is 0 Å². The molecule has 0 aromatic rings. The number of likely N-dealkylation sites (tertiary alicyclic amines) is 1. The lowest BCUT2D eigenvalue weighted by Crippen LogP contribution is -2.53. The van der Waals surface area contributed by atoms with E-state index in [1.54, 1.807) is 0 Å². The largest absolute Gasteiger partial charge is 0.469 e. The fraction of sp³-hybridized carbons (Fsp3) is 0.900. The molecule has 1 aliphatic rings. The van der Waals surface area contributed by atoms with Gasteiger partial charge in [-0.3, -0.25) is 9.69 Å². The maximum atomic E-state index is 10.5. The first kappa shape index (κ1) is 13.5. The van der Waals surface area contributed by atoms with E-state index in [0.717, 1.165) is 19.4 Å². The van der Waals surface area contributed by atoms with Gasteiger partial charge in [0.25, 0.3) is 0 Å². The second-order valence-corrected chi connectivity index (χ2v) is 4.79. The van der Waals surface area contributed by atoms with Crippen LogP contribution < -0.4 is 5.32 Å². The van der Waals surface area contributed by atoms with Crippen LogP contribution in [0.1, 0.15) is 33.1 Å². The summed E-state index contributed by atoms with van der Waals surface area (Å²) < 4.78 is 0. The normalized spacial score (nSPS) is 23.4. The van der Waals surface area contributed by atoms with Gasteiger partial charge < -0.3 is 15.4 Å². The highest BCUT2D eigenvalue weighted by Crippen LogP contribution is 2.22. The zero-order chi connectivity index (χ0) is 12.1. The third-order valence-corrected chi connectivity index (χ3v) is 3.04. The molecular formula is C10H21BN2O3. The minimum absolute atomic E-state index is 0.0527. The molecule has 1 fully saturated rings. The van der Waals surface area contributed by atoms with E-state index in [4.69, 9.17) is 0 Å². The SMILES string of the molecule is CC(C)C[C@@H](B(O)O)N1CCC[C@@H]1NC=O. The van der Waals surface area contributed by atoms with Crippen molar-refractivity contribution >= 4 is 13.5 Å². The van der Waals surface area contributed by atoms with Gasteiger partial charge in [-0.25, -0.2) is 0 Å². The molecule has 1 saturated heterocycles. The van der Waals surface area contributed by atoms with Crippen molar-refractivity contribution in [3.63, 3.8) is 0 Å². The molecule has 0 aromatic carbocycles. The van der Waals surface area contributed by atoms with E-state index < -0.39 is 7.12 Å². The number of hydrogen-bond acceptors (Lipinski definition) is 4. The fourth-order valence-electron chi connectivity index (χ4n) is 2.35. The van der Waals surface area contributed by atoms with Crippen LogP contribution in [0.15, 0.2) is 0 Å². The Labute approximate surface area is 97.0 Å². The van der Waals surface area contributed by atoms with E-state index in [1.165, 1.54) is 0 Å². The van der Waals surface area contributed by atoms with Crippen LogP contribution in [0.3, 0.4) is 0 Å². The molecular weight excluding hydrogens is 207 g/mol. The maximum absolute atomic E-state index is 10.5. The van der Waals surface area contributed by atoms with Crippen molar-refractivity contribution in [2.24, 2.45) is 5.92 Å². The van der Waals surface area contributed by atoms with Gasteiger partial charge in [-0.2, -0.15) is 0 Å². The van der Waals surface area contributed by atoms with Gasteiger partial charge in [-0.05, 0) is 31.7 Å². The summed E-state index contributed by atoms with van der Waals surface area (Å²) >= 11 is 0. The second-order valence-electron chi connectivity index (χ2n) is 4.79. The number of rotatable bonds is 6. The molecule has 6 heteroatoms. The molecule has 3 N–H and O–H groups in total. The molecule has 0 aromatic heterocycles. The summed E-state index contributed by atoms with van der Waals surface area (Å²) in [7, 11) is -1.35. The molecule has 16 heavy (non-hydrogen) atoms. The van der Waals surface area contributed by atoms with Crippen molar-refractivity contribution < 1.29 is 14.8 Å². The Hall–Kier alpha value is -0.585. The average molecular weight is 228 g/mol. The van der Waals surface area contributed by atoms with Crippen molar-refractivity contribution in [2.45, 2.75) is 45.2 Å². The highest BCUT2D eigenvalue weighted by atomic mass is 16.4. The number of hydrogen-bond donors (Lipinski definition) is 3. The van der Waals surface area contributed by atoms with Crippen LogP contribution in [0.4, 0.5) is 0 Å². The first-order chi connectivity index (χ1) is 7.56. The number of carbonyl (C=O) groups excluding carboxylic acids is 1. The Morgan fingerprint density at radius 3 is 2.75 bits per heavy atom. The van der Waals surface area contributed by atoms with Crippen molar-refractivity contribution in [2.75, 3.05) is 6.54 Å². The van der Waals surface area contributed by atoms with Crippen molar-refractivity contribution in [3.8, 4) is 0 Å². The highest BCUT2D eigenvalue weighted by Gasteiger charge is 2.37. The Bertz CT molecular complexity index is 226. The summed E-state index contributed by atoms with van der Waals surface area (Å²) in [5.41, 5.74) is 0. The van der Waals surface area contributed by atoms with Gasteiger partial charge in [0.2, 0.25) is 6.41 Å². The summed E-state index contributed by atoms with van der Waals surface area (Å²) in [6.45, 7) is 4.90. The van der Waals surface area contributed by atoms with Gasteiger partial charge in [0.15, 0.2) is 0 Å². The standard InChI is InChI=1S/C10H21BN2O3/c1-8(2)6-9(11(15)16)13-5-3-4-10(13)12-7-14/h7-10,15-16H,3-6H2,1-2H3,(H,12,14)/t9-,10+/m0/s1.